The highest BCUT2D eigenvalue weighted by Gasteiger charge is 2.24. The molecule has 0 fully saturated rings. The fourth-order valence-corrected chi connectivity index (χ4v) is 4.10. The summed E-state index contributed by atoms with van der Waals surface area (Å²) in [4.78, 5) is 14.3. The zero-order chi connectivity index (χ0) is 17.8. The van der Waals surface area contributed by atoms with Crippen molar-refractivity contribution in [3.8, 4) is 5.75 Å². The number of amides is 1. The number of rotatable bonds is 5. The molecule has 2 aromatic heterocycles. The molecule has 6 nitrogen and oxygen atoms in total. The molecule has 3 aromatic rings. The SMILES string of the molecule is O=C(NCCN1Cc2ccccc2OC(c2ccsc2)C1)c1csnn1. The van der Waals surface area contributed by atoms with Gasteiger partial charge in [0.1, 0.15) is 11.9 Å². The van der Waals surface area contributed by atoms with Gasteiger partial charge < -0.3 is 10.1 Å². The van der Waals surface area contributed by atoms with Crippen molar-refractivity contribution in [1.29, 1.82) is 0 Å². The fourth-order valence-electron chi connectivity index (χ4n) is 2.96. The predicted molar refractivity (Wildman–Crippen MR) is 102 cm³/mol. The van der Waals surface area contributed by atoms with Gasteiger partial charge in [-0.15, -0.1) is 5.10 Å². The van der Waals surface area contributed by atoms with E-state index in [1.165, 1.54) is 22.7 Å². The third kappa shape index (κ3) is 3.92. The smallest absolute Gasteiger partial charge is 0.272 e. The Morgan fingerprint density at radius 2 is 2.23 bits per heavy atom. The monoisotopic (exact) mass is 386 g/mol. The third-order valence-electron chi connectivity index (χ3n) is 4.28. The lowest BCUT2D eigenvalue weighted by molar-refractivity contribution is 0.0938. The number of thiophene rings is 1. The summed E-state index contributed by atoms with van der Waals surface area (Å²) in [5.41, 5.74) is 2.73. The molecular weight excluding hydrogens is 368 g/mol. The van der Waals surface area contributed by atoms with Gasteiger partial charge in [-0.25, -0.2) is 0 Å². The first-order valence-corrected chi connectivity index (χ1v) is 10.1. The third-order valence-corrected chi connectivity index (χ3v) is 5.49. The Labute approximate surface area is 159 Å². The van der Waals surface area contributed by atoms with Crippen LogP contribution in [-0.4, -0.2) is 40.0 Å². The lowest BCUT2D eigenvalue weighted by Crippen LogP contribution is -2.36. The Balaban J connectivity index is 1.44. The Bertz CT molecular complexity index is 852. The van der Waals surface area contributed by atoms with Crippen molar-refractivity contribution in [2.45, 2.75) is 12.6 Å². The molecule has 0 spiro atoms. The van der Waals surface area contributed by atoms with Gasteiger partial charge >= 0.3 is 0 Å². The van der Waals surface area contributed by atoms with Crippen LogP contribution in [0.4, 0.5) is 0 Å². The van der Waals surface area contributed by atoms with Crippen molar-refractivity contribution in [2.24, 2.45) is 0 Å². The van der Waals surface area contributed by atoms with Crippen LogP contribution in [0.2, 0.25) is 0 Å². The summed E-state index contributed by atoms with van der Waals surface area (Å²) < 4.78 is 10.0. The average Bonchev–Trinajstić information content (AvgIpc) is 3.33. The normalized spacial score (nSPS) is 17.2. The van der Waals surface area contributed by atoms with Gasteiger partial charge in [0.2, 0.25) is 0 Å². The van der Waals surface area contributed by atoms with E-state index in [9.17, 15) is 4.79 Å². The van der Waals surface area contributed by atoms with Gasteiger partial charge in [0.25, 0.3) is 5.91 Å². The molecule has 26 heavy (non-hydrogen) atoms. The number of aromatic nitrogens is 2. The van der Waals surface area contributed by atoms with Crippen LogP contribution in [0.5, 0.6) is 5.75 Å². The summed E-state index contributed by atoms with van der Waals surface area (Å²) in [6, 6.07) is 10.3. The van der Waals surface area contributed by atoms with Crippen molar-refractivity contribution in [3.05, 3.63) is 63.3 Å². The molecule has 1 aliphatic rings. The molecule has 0 saturated carbocycles. The van der Waals surface area contributed by atoms with Crippen molar-refractivity contribution in [1.82, 2.24) is 19.8 Å². The first kappa shape index (κ1) is 17.1. The number of carbonyl (C=O) groups excluding carboxylic acids is 1. The van der Waals surface area contributed by atoms with E-state index in [1.54, 1.807) is 16.7 Å². The van der Waals surface area contributed by atoms with E-state index in [0.29, 0.717) is 12.2 Å². The second kappa shape index (κ2) is 7.94. The highest BCUT2D eigenvalue weighted by molar-refractivity contribution is 7.08. The number of hydrogen-bond donors (Lipinski definition) is 1. The molecule has 0 aliphatic carbocycles. The van der Waals surface area contributed by atoms with Gasteiger partial charge in [0, 0.05) is 42.7 Å². The number of hydrogen-bond acceptors (Lipinski definition) is 7. The van der Waals surface area contributed by atoms with Gasteiger partial charge in [-0.2, -0.15) is 11.3 Å². The van der Waals surface area contributed by atoms with Crippen LogP contribution in [0.15, 0.2) is 46.5 Å². The quantitative estimate of drug-likeness (QED) is 0.730. The number of ether oxygens (including phenoxy) is 1. The Morgan fingerprint density at radius 1 is 1.31 bits per heavy atom. The van der Waals surface area contributed by atoms with E-state index in [1.807, 2.05) is 18.2 Å². The van der Waals surface area contributed by atoms with E-state index < -0.39 is 0 Å². The minimum Gasteiger partial charge on any atom is -0.484 e. The summed E-state index contributed by atoms with van der Waals surface area (Å²) in [5, 5.41) is 12.6. The lowest BCUT2D eigenvalue weighted by atomic mass is 10.2. The van der Waals surface area contributed by atoms with Crippen LogP contribution in [0.3, 0.4) is 0 Å². The predicted octanol–water partition coefficient (Wildman–Crippen LogP) is 2.97. The second-order valence-electron chi connectivity index (χ2n) is 6.05. The molecule has 8 heteroatoms. The van der Waals surface area contributed by atoms with E-state index in [4.69, 9.17) is 4.74 Å². The Hall–Kier alpha value is -2.29. The number of benzene rings is 1. The molecular formula is C18H18N4O2S2. The van der Waals surface area contributed by atoms with Gasteiger partial charge in [-0.05, 0) is 34.4 Å². The van der Waals surface area contributed by atoms with Gasteiger partial charge in [0.05, 0.1) is 0 Å². The van der Waals surface area contributed by atoms with Crippen LogP contribution in [0.25, 0.3) is 0 Å². The highest BCUT2D eigenvalue weighted by Crippen LogP contribution is 2.31. The van der Waals surface area contributed by atoms with Crippen molar-refractivity contribution in [2.75, 3.05) is 19.6 Å². The fraction of sp³-hybridized carbons (Fsp3) is 0.278. The van der Waals surface area contributed by atoms with Gasteiger partial charge in [-0.3, -0.25) is 9.69 Å². The standard InChI is InChI=1S/C18H18N4O2S2/c23-18(15-12-26-21-20-15)19-6-7-22-9-13-3-1-2-4-16(13)24-17(10-22)14-5-8-25-11-14/h1-5,8,11-12,17H,6-7,9-10H2,(H,19,23). The Kier molecular flexibility index (Phi) is 5.24. The molecule has 4 rings (SSSR count). The van der Waals surface area contributed by atoms with Crippen LogP contribution >= 0.6 is 22.9 Å². The maximum atomic E-state index is 12.0. The first-order chi connectivity index (χ1) is 12.8. The number of carbonyl (C=O) groups is 1. The minimum absolute atomic E-state index is 0.0108. The molecule has 1 unspecified atom stereocenters. The summed E-state index contributed by atoms with van der Waals surface area (Å²) in [5.74, 6) is 0.753. The van der Waals surface area contributed by atoms with Crippen molar-refractivity contribution in [3.63, 3.8) is 0 Å². The second-order valence-corrected chi connectivity index (χ2v) is 7.44. The molecule has 1 amide bonds. The molecule has 0 radical (unpaired) electrons. The average molecular weight is 387 g/mol. The molecule has 1 N–H and O–H groups in total. The Morgan fingerprint density at radius 3 is 3.04 bits per heavy atom. The minimum atomic E-state index is -0.181. The summed E-state index contributed by atoms with van der Waals surface area (Å²) in [6.45, 7) is 2.86. The van der Waals surface area contributed by atoms with Crippen molar-refractivity contribution >= 4 is 28.8 Å². The summed E-state index contributed by atoms with van der Waals surface area (Å²) in [6.07, 6.45) is -0.0108. The number of nitrogens with zero attached hydrogens (tertiary/aromatic N) is 3. The van der Waals surface area contributed by atoms with E-state index in [-0.39, 0.29) is 12.0 Å². The summed E-state index contributed by atoms with van der Waals surface area (Å²) >= 11 is 2.85. The van der Waals surface area contributed by atoms with Crippen LogP contribution in [-0.2, 0) is 6.54 Å². The zero-order valence-corrected chi connectivity index (χ0v) is 15.6. The van der Waals surface area contributed by atoms with E-state index in [0.717, 1.165) is 25.4 Å². The summed E-state index contributed by atoms with van der Waals surface area (Å²) in [7, 11) is 0. The van der Waals surface area contributed by atoms with Gasteiger partial charge in [0.15, 0.2) is 5.69 Å². The highest BCUT2D eigenvalue weighted by atomic mass is 32.1. The molecule has 1 aliphatic heterocycles. The topological polar surface area (TPSA) is 67.4 Å². The number of fused-ring (bicyclic) bond motifs is 1. The molecule has 0 bridgehead atoms. The number of para-hydroxylation sites is 1. The molecule has 134 valence electrons. The van der Waals surface area contributed by atoms with Crippen LogP contribution < -0.4 is 10.1 Å². The lowest BCUT2D eigenvalue weighted by Gasteiger charge is -2.23. The van der Waals surface area contributed by atoms with Gasteiger partial charge in [-0.1, -0.05) is 22.7 Å². The van der Waals surface area contributed by atoms with Crippen LogP contribution in [0, 0.1) is 0 Å². The zero-order valence-electron chi connectivity index (χ0n) is 14.0. The van der Waals surface area contributed by atoms with Crippen molar-refractivity contribution < 1.29 is 9.53 Å². The maximum Gasteiger partial charge on any atom is 0.272 e. The first-order valence-electron chi connectivity index (χ1n) is 8.34. The maximum absolute atomic E-state index is 12.0. The molecule has 1 atom stereocenters. The molecule has 3 heterocycles. The van der Waals surface area contributed by atoms with E-state index >= 15 is 0 Å². The van der Waals surface area contributed by atoms with Crippen LogP contribution in [0.1, 0.15) is 27.7 Å². The molecule has 1 aromatic carbocycles. The number of nitrogens with one attached hydrogen (secondary N) is 1. The van der Waals surface area contributed by atoms with E-state index in [2.05, 4.69) is 42.7 Å². The molecule has 0 saturated heterocycles. The largest absolute Gasteiger partial charge is 0.484 e.